The summed E-state index contributed by atoms with van der Waals surface area (Å²) in [4.78, 5) is 11.0. The molecule has 2 rings (SSSR count). The maximum Gasteiger partial charge on any atom is 0.238 e. The summed E-state index contributed by atoms with van der Waals surface area (Å²) in [5, 5.41) is 11.7. The molecule has 0 atom stereocenters. The predicted molar refractivity (Wildman–Crippen MR) is 104 cm³/mol. The summed E-state index contributed by atoms with van der Waals surface area (Å²) < 4.78 is 22.5. The summed E-state index contributed by atoms with van der Waals surface area (Å²) in [6, 6.07) is 8.45. The Labute approximate surface area is 154 Å². The van der Waals surface area contributed by atoms with Crippen LogP contribution in [0, 0.1) is 6.92 Å². The fourth-order valence-electron chi connectivity index (χ4n) is 2.34. The zero-order valence-electron chi connectivity index (χ0n) is 15.4. The molecule has 26 heavy (non-hydrogen) atoms. The minimum atomic E-state index is -3.65. The number of aromatic nitrogens is 2. The van der Waals surface area contributed by atoms with Crippen LogP contribution < -0.4 is 15.8 Å². The lowest BCUT2D eigenvalue weighted by molar-refractivity contribution is 0.425. The molecule has 142 valence electrons. The average Bonchev–Trinajstić information content (AvgIpc) is 2.54. The van der Waals surface area contributed by atoms with Gasteiger partial charge in [0.1, 0.15) is 17.5 Å². The van der Waals surface area contributed by atoms with E-state index in [4.69, 9.17) is 5.14 Å². The van der Waals surface area contributed by atoms with Gasteiger partial charge in [-0.05, 0) is 45.1 Å². The molecule has 0 radical (unpaired) electrons. The summed E-state index contributed by atoms with van der Waals surface area (Å²) in [5.74, 6) is 2.24. The van der Waals surface area contributed by atoms with Gasteiger partial charge < -0.3 is 15.5 Å². The lowest BCUT2D eigenvalue weighted by Gasteiger charge is -2.12. The minimum absolute atomic E-state index is 0.120. The quantitative estimate of drug-likeness (QED) is 0.598. The number of benzene rings is 1. The molecule has 0 fully saturated rings. The van der Waals surface area contributed by atoms with Gasteiger partial charge in [0.15, 0.2) is 0 Å². The van der Waals surface area contributed by atoms with Crippen LogP contribution in [0.15, 0.2) is 35.2 Å². The zero-order valence-corrected chi connectivity index (χ0v) is 16.2. The highest BCUT2D eigenvalue weighted by Crippen LogP contribution is 2.12. The lowest BCUT2D eigenvalue weighted by Crippen LogP contribution is -2.21. The van der Waals surface area contributed by atoms with Crippen LogP contribution in [0.3, 0.4) is 0 Å². The molecule has 0 aliphatic rings. The van der Waals surface area contributed by atoms with Crippen molar-refractivity contribution in [3.63, 3.8) is 0 Å². The number of nitrogens with zero attached hydrogens (tertiary/aromatic N) is 3. The Bertz CT molecular complexity index is 822. The molecule has 8 nitrogen and oxygen atoms in total. The van der Waals surface area contributed by atoms with Gasteiger partial charge in [0.05, 0.1) is 4.90 Å². The fourth-order valence-corrected chi connectivity index (χ4v) is 2.85. The second-order valence-electron chi connectivity index (χ2n) is 6.28. The van der Waals surface area contributed by atoms with Gasteiger partial charge in [0.25, 0.3) is 0 Å². The van der Waals surface area contributed by atoms with E-state index in [0.717, 1.165) is 36.7 Å². The topological polar surface area (TPSA) is 113 Å². The van der Waals surface area contributed by atoms with Crippen molar-refractivity contribution in [2.24, 2.45) is 5.14 Å². The molecule has 0 aliphatic carbocycles. The van der Waals surface area contributed by atoms with Crippen LogP contribution in [0.5, 0.6) is 0 Å². The summed E-state index contributed by atoms with van der Waals surface area (Å²) in [5.41, 5.74) is 1.01. The van der Waals surface area contributed by atoms with Crippen LogP contribution in [-0.2, 0) is 16.4 Å². The van der Waals surface area contributed by atoms with E-state index in [9.17, 15) is 8.42 Å². The van der Waals surface area contributed by atoms with E-state index in [2.05, 4.69) is 25.5 Å². The Hall–Kier alpha value is -2.23. The van der Waals surface area contributed by atoms with Gasteiger partial charge in [-0.15, -0.1) is 0 Å². The second kappa shape index (κ2) is 8.93. The highest BCUT2D eigenvalue weighted by atomic mass is 32.2. The molecular weight excluding hydrogens is 352 g/mol. The van der Waals surface area contributed by atoms with Crippen molar-refractivity contribution in [2.45, 2.75) is 18.2 Å². The molecule has 1 aromatic carbocycles. The molecule has 0 saturated heterocycles. The Morgan fingerprint density at radius 1 is 1.04 bits per heavy atom. The molecule has 0 saturated carbocycles. The number of nitrogens with one attached hydrogen (secondary N) is 2. The van der Waals surface area contributed by atoms with Crippen molar-refractivity contribution < 1.29 is 8.42 Å². The number of hydrogen-bond acceptors (Lipinski definition) is 7. The first-order chi connectivity index (χ1) is 12.2. The van der Waals surface area contributed by atoms with Crippen LogP contribution in [0.2, 0.25) is 0 Å². The summed E-state index contributed by atoms with van der Waals surface area (Å²) in [7, 11) is 0.398. The van der Waals surface area contributed by atoms with E-state index in [-0.39, 0.29) is 4.90 Å². The number of primary sulfonamides is 1. The second-order valence-corrected chi connectivity index (χ2v) is 7.84. The standard InChI is InChI=1S/C17H26N6O2S/c1-13-21-16(12-17(22-13)20-10-11-23(2)3)19-9-8-14-4-6-15(7-5-14)26(18,24)25/h4-7,12H,8-11H2,1-3H3,(H2,18,24,25)(H2,19,20,21,22). The molecule has 0 unspecified atom stereocenters. The van der Waals surface area contributed by atoms with Gasteiger partial charge in [0, 0.05) is 25.7 Å². The van der Waals surface area contributed by atoms with E-state index < -0.39 is 10.0 Å². The zero-order chi connectivity index (χ0) is 19.2. The van der Waals surface area contributed by atoms with Gasteiger partial charge in [-0.3, -0.25) is 0 Å². The highest BCUT2D eigenvalue weighted by molar-refractivity contribution is 7.89. The van der Waals surface area contributed by atoms with Gasteiger partial charge >= 0.3 is 0 Å². The number of rotatable bonds is 9. The number of likely N-dealkylation sites (N-methyl/N-ethyl adjacent to an activating group) is 1. The Balaban J connectivity index is 1.89. The smallest absolute Gasteiger partial charge is 0.238 e. The SMILES string of the molecule is Cc1nc(NCCc2ccc(S(N)(=O)=O)cc2)cc(NCCN(C)C)n1. The van der Waals surface area contributed by atoms with Crippen molar-refractivity contribution in [1.29, 1.82) is 0 Å². The van der Waals surface area contributed by atoms with Gasteiger partial charge in [-0.1, -0.05) is 12.1 Å². The molecule has 9 heteroatoms. The Kier molecular flexibility index (Phi) is 6.90. The molecule has 4 N–H and O–H groups in total. The van der Waals surface area contributed by atoms with E-state index in [0.29, 0.717) is 12.4 Å². The number of sulfonamides is 1. The molecule has 0 amide bonds. The van der Waals surface area contributed by atoms with Crippen molar-refractivity contribution in [2.75, 3.05) is 44.4 Å². The number of aryl methyl sites for hydroxylation is 1. The highest BCUT2D eigenvalue weighted by Gasteiger charge is 2.07. The first-order valence-corrected chi connectivity index (χ1v) is 9.88. The molecule has 0 spiro atoms. The third kappa shape index (κ3) is 6.58. The van der Waals surface area contributed by atoms with Crippen LogP contribution in [0.1, 0.15) is 11.4 Å². The Morgan fingerprint density at radius 3 is 2.15 bits per heavy atom. The van der Waals surface area contributed by atoms with Crippen LogP contribution >= 0.6 is 0 Å². The van der Waals surface area contributed by atoms with Gasteiger partial charge in [-0.25, -0.2) is 23.5 Å². The molecule has 0 bridgehead atoms. The molecule has 0 aliphatic heterocycles. The Morgan fingerprint density at radius 2 is 1.62 bits per heavy atom. The first-order valence-electron chi connectivity index (χ1n) is 8.34. The summed E-state index contributed by atoms with van der Waals surface area (Å²) in [6.45, 7) is 4.25. The maximum atomic E-state index is 11.3. The van der Waals surface area contributed by atoms with Gasteiger partial charge in [0.2, 0.25) is 10.0 Å². The predicted octanol–water partition coefficient (Wildman–Crippen LogP) is 1.06. The number of nitrogens with two attached hydrogens (primary N) is 1. The van der Waals surface area contributed by atoms with Crippen LogP contribution in [0.4, 0.5) is 11.6 Å². The molecule has 1 aromatic heterocycles. The minimum Gasteiger partial charge on any atom is -0.370 e. The largest absolute Gasteiger partial charge is 0.370 e. The van der Waals surface area contributed by atoms with Crippen molar-refractivity contribution in [3.8, 4) is 0 Å². The van der Waals surface area contributed by atoms with E-state index in [1.807, 2.05) is 27.1 Å². The van der Waals surface area contributed by atoms with Gasteiger partial charge in [-0.2, -0.15) is 0 Å². The fraction of sp³-hybridized carbons (Fsp3) is 0.412. The van der Waals surface area contributed by atoms with E-state index >= 15 is 0 Å². The lowest BCUT2D eigenvalue weighted by atomic mass is 10.1. The average molecular weight is 379 g/mol. The third-order valence-corrected chi connectivity index (χ3v) is 4.60. The molecule has 2 aromatic rings. The maximum absolute atomic E-state index is 11.3. The van der Waals surface area contributed by atoms with E-state index in [1.165, 1.54) is 12.1 Å². The number of anilines is 2. The summed E-state index contributed by atoms with van der Waals surface area (Å²) in [6.07, 6.45) is 0.733. The molecule has 1 heterocycles. The normalized spacial score (nSPS) is 11.6. The summed E-state index contributed by atoms with van der Waals surface area (Å²) >= 11 is 0. The number of hydrogen-bond donors (Lipinski definition) is 3. The first kappa shape index (κ1) is 20.1. The van der Waals surface area contributed by atoms with Crippen molar-refractivity contribution >= 4 is 21.7 Å². The third-order valence-electron chi connectivity index (χ3n) is 3.67. The van der Waals surface area contributed by atoms with Crippen LogP contribution in [-0.4, -0.2) is 57.0 Å². The van der Waals surface area contributed by atoms with E-state index in [1.54, 1.807) is 12.1 Å². The van der Waals surface area contributed by atoms with Crippen molar-refractivity contribution in [1.82, 2.24) is 14.9 Å². The molecular formula is C17H26N6O2S. The monoisotopic (exact) mass is 378 g/mol. The van der Waals surface area contributed by atoms with Crippen molar-refractivity contribution in [3.05, 3.63) is 41.7 Å². The van der Waals surface area contributed by atoms with Crippen LogP contribution in [0.25, 0.3) is 0 Å².